The van der Waals surface area contributed by atoms with Crippen molar-refractivity contribution in [3.8, 4) is 0 Å². The fourth-order valence-corrected chi connectivity index (χ4v) is 5.00. The minimum atomic E-state index is -0.376. The predicted octanol–water partition coefficient (Wildman–Crippen LogP) is 2.17. The normalized spacial score (nSPS) is 17.9. The zero-order valence-corrected chi connectivity index (χ0v) is 21.1. The zero-order valence-electron chi connectivity index (χ0n) is 21.1. The van der Waals surface area contributed by atoms with Crippen molar-refractivity contribution in [3.05, 3.63) is 35.9 Å². The van der Waals surface area contributed by atoms with Gasteiger partial charge in [0.25, 0.3) is 0 Å². The van der Waals surface area contributed by atoms with Crippen LogP contribution < -0.4 is 16.4 Å². The van der Waals surface area contributed by atoms with Crippen LogP contribution in [-0.4, -0.2) is 72.3 Å². The summed E-state index contributed by atoms with van der Waals surface area (Å²) in [5.74, 6) is -0.153. The third-order valence-corrected chi connectivity index (χ3v) is 7.07. The summed E-state index contributed by atoms with van der Waals surface area (Å²) in [5, 5.41) is 6.53. The largest absolute Gasteiger partial charge is 0.370 e. The van der Waals surface area contributed by atoms with Gasteiger partial charge in [0.15, 0.2) is 0 Å². The van der Waals surface area contributed by atoms with Crippen LogP contribution in [0, 0.1) is 0 Å². The Morgan fingerprint density at radius 3 is 2.34 bits per heavy atom. The van der Waals surface area contributed by atoms with E-state index in [2.05, 4.69) is 39.8 Å². The molecule has 2 fully saturated rings. The zero-order chi connectivity index (χ0) is 24.9. The average molecular weight is 486 g/mol. The van der Waals surface area contributed by atoms with Crippen LogP contribution in [0.3, 0.4) is 0 Å². The van der Waals surface area contributed by atoms with Crippen LogP contribution in [0.4, 0.5) is 0 Å². The van der Waals surface area contributed by atoms with Crippen molar-refractivity contribution in [1.82, 2.24) is 20.4 Å². The van der Waals surface area contributed by atoms with E-state index in [1.165, 1.54) is 5.56 Å². The highest BCUT2D eigenvalue weighted by molar-refractivity contribution is 5.83. The second-order valence-corrected chi connectivity index (χ2v) is 9.96. The Morgan fingerprint density at radius 1 is 0.943 bits per heavy atom. The second-order valence-electron chi connectivity index (χ2n) is 9.96. The number of unbranched alkanes of at least 4 members (excludes halogenated alkanes) is 2. The second kappa shape index (κ2) is 14.8. The summed E-state index contributed by atoms with van der Waals surface area (Å²) in [6, 6.07) is 10.5. The molecule has 0 aliphatic carbocycles. The number of nitrogens with two attached hydrogens (primary N) is 1. The predicted molar refractivity (Wildman–Crippen MR) is 137 cm³/mol. The van der Waals surface area contributed by atoms with Gasteiger partial charge in [-0.15, -0.1) is 0 Å². The Balaban J connectivity index is 1.25. The van der Waals surface area contributed by atoms with Crippen LogP contribution >= 0.6 is 0 Å². The summed E-state index contributed by atoms with van der Waals surface area (Å²) in [5.41, 5.74) is 6.63. The molecule has 2 heterocycles. The summed E-state index contributed by atoms with van der Waals surface area (Å²) >= 11 is 0. The van der Waals surface area contributed by atoms with Crippen LogP contribution in [0.25, 0.3) is 0 Å². The number of benzene rings is 1. The molecule has 0 unspecified atom stereocenters. The molecule has 0 radical (unpaired) electrons. The van der Waals surface area contributed by atoms with Crippen molar-refractivity contribution >= 4 is 17.7 Å². The van der Waals surface area contributed by atoms with Gasteiger partial charge in [-0.05, 0) is 57.1 Å². The quantitative estimate of drug-likeness (QED) is 0.350. The molecule has 0 spiro atoms. The van der Waals surface area contributed by atoms with Crippen LogP contribution in [0.1, 0.15) is 69.8 Å². The van der Waals surface area contributed by atoms with Crippen LogP contribution in [-0.2, 0) is 20.9 Å². The molecule has 2 aliphatic heterocycles. The van der Waals surface area contributed by atoms with Crippen LogP contribution in [0.5, 0.6) is 0 Å². The number of nitrogens with one attached hydrogen (secondary N) is 2. The number of rotatable bonds is 14. The lowest BCUT2D eigenvalue weighted by molar-refractivity contribution is -0.132. The maximum absolute atomic E-state index is 12.7. The van der Waals surface area contributed by atoms with Crippen molar-refractivity contribution in [2.24, 2.45) is 5.73 Å². The molecule has 0 saturated carbocycles. The first-order valence-corrected chi connectivity index (χ1v) is 13.4. The first-order chi connectivity index (χ1) is 17.0. The molecule has 4 N–H and O–H groups in total. The molecule has 8 heteroatoms. The van der Waals surface area contributed by atoms with E-state index in [4.69, 9.17) is 5.73 Å². The molecule has 2 saturated heterocycles. The van der Waals surface area contributed by atoms with Gasteiger partial charge in [0.05, 0.1) is 6.04 Å². The third kappa shape index (κ3) is 9.98. The molecule has 1 aromatic carbocycles. The van der Waals surface area contributed by atoms with Crippen LogP contribution in [0.15, 0.2) is 30.3 Å². The number of piperidine rings is 1. The maximum atomic E-state index is 12.7. The molecule has 3 amide bonds. The van der Waals surface area contributed by atoms with E-state index in [1.54, 1.807) is 0 Å². The highest BCUT2D eigenvalue weighted by Crippen LogP contribution is 2.15. The van der Waals surface area contributed by atoms with Gasteiger partial charge in [-0.2, -0.15) is 0 Å². The monoisotopic (exact) mass is 485 g/mol. The van der Waals surface area contributed by atoms with Crippen LogP contribution in [0.2, 0.25) is 0 Å². The molecule has 1 aromatic rings. The Morgan fingerprint density at radius 2 is 1.66 bits per heavy atom. The van der Waals surface area contributed by atoms with E-state index in [0.717, 1.165) is 77.7 Å². The van der Waals surface area contributed by atoms with E-state index in [0.29, 0.717) is 19.4 Å². The van der Waals surface area contributed by atoms with Crippen molar-refractivity contribution in [1.29, 1.82) is 0 Å². The molecule has 0 bridgehead atoms. The fourth-order valence-electron chi connectivity index (χ4n) is 5.00. The fraction of sp³-hybridized carbons (Fsp3) is 0.667. The van der Waals surface area contributed by atoms with Gasteiger partial charge < -0.3 is 21.3 Å². The SMILES string of the molecule is NC(=O)CC[C@H](NCCCCCC(=O)NC1CCN(Cc2ccccc2)CC1)C(=O)N1CCCC1. The molecule has 194 valence electrons. The Hall–Kier alpha value is -2.45. The molecule has 1 atom stereocenters. The topological polar surface area (TPSA) is 108 Å². The summed E-state index contributed by atoms with van der Waals surface area (Å²) in [6.07, 6.45) is 7.95. The number of primary amides is 1. The van der Waals surface area contributed by atoms with Crippen molar-refractivity contribution < 1.29 is 14.4 Å². The van der Waals surface area contributed by atoms with Crippen molar-refractivity contribution in [3.63, 3.8) is 0 Å². The minimum Gasteiger partial charge on any atom is -0.370 e. The molecule has 8 nitrogen and oxygen atoms in total. The standard InChI is InChI=1S/C27H43N5O3/c28-25(33)13-12-24(27(35)32-17-7-8-18-32)29-16-6-2-5-11-26(34)30-23-14-19-31(20-15-23)21-22-9-3-1-4-10-22/h1,3-4,9-10,23-24,29H,2,5-8,11-21H2,(H2,28,33)(H,30,34)/t24-/m0/s1. The summed E-state index contributed by atoms with van der Waals surface area (Å²) in [4.78, 5) is 40.6. The number of hydrogen-bond donors (Lipinski definition) is 3. The van der Waals surface area contributed by atoms with Gasteiger partial charge in [-0.25, -0.2) is 0 Å². The van der Waals surface area contributed by atoms with Gasteiger partial charge in [0.1, 0.15) is 0 Å². The number of nitrogens with zero attached hydrogens (tertiary/aromatic N) is 2. The van der Waals surface area contributed by atoms with Gasteiger partial charge in [0.2, 0.25) is 17.7 Å². The third-order valence-electron chi connectivity index (χ3n) is 7.07. The lowest BCUT2D eigenvalue weighted by atomic mass is 10.0. The summed E-state index contributed by atoms with van der Waals surface area (Å²) in [7, 11) is 0. The Labute approximate surface area is 210 Å². The molecule has 35 heavy (non-hydrogen) atoms. The van der Waals surface area contributed by atoms with Gasteiger partial charge in [-0.1, -0.05) is 36.8 Å². The number of carbonyl (C=O) groups excluding carboxylic acids is 3. The number of likely N-dealkylation sites (tertiary alicyclic amines) is 2. The van der Waals surface area contributed by atoms with E-state index in [1.807, 2.05) is 11.0 Å². The smallest absolute Gasteiger partial charge is 0.239 e. The summed E-state index contributed by atoms with van der Waals surface area (Å²) in [6.45, 7) is 5.30. The van der Waals surface area contributed by atoms with Crippen molar-refractivity contribution in [2.45, 2.75) is 82.8 Å². The van der Waals surface area contributed by atoms with E-state index >= 15 is 0 Å². The highest BCUT2D eigenvalue weighted by atomic mass is 16.2. The molecule has 0 aromatic heterocycles. The molecular weight excluding hydrogens is 442 g/mol. The van der Waals surface area contributed by atoms with E-state index in [-0.39, 0.29) is 36.2 Å². The molecule has 2 aliphatic rings. The number of hydrogen-bond acceptors (Lipinski definition) is 5. The average Bonchev–Trinajstić information content (AvgIpc) is 3.39. The lowest BCUT2D eigenvalue weighted by Gasteiger charge is -2.32. The van der Waals surface area contributed by atoms with Gasteiger partial charge >= 0.3 is 0 Å². The Bertz CT molecular complexity index is 789. The molecular formula is C27H43N5O3. The van der Waals surface area contributed by atoms with Gasteiger partial charge in [0, 0.05) is 51.6 Å². The van der Waals surface area contributed by atoms with E-state index in [9.17, 15) is 14.4 Å². The number of amides is 3. The van der Waals surface area contributed by atoms with E-state index < -0.39 is 0 Å². The summed E-state index contributed by atoms with van der Waals surface area (Å²) < 4.78 is 0. The van der Waals surface area contributed by atoms with Gasteiger partial charge in [-0.3, -0.25) is 19.3 Å². The maximum Gasteiger partial charge on any atom is 0.239 e. The molecule has 3 rings (SSSR count). The Kier molecular flexibility index (Phi) is 11.5. The van der Waals surface area contributed by atoms with Crippen molar-refractivity contribution in [2.75, 3.05) is 32.7 Å². The minimum absolute atomic E-state index is 0.0814. The number of carbonyl (C=O) groups is 3. The first-order valence-electron chi connectivity index (χ1n) is 13.4. The lowest BCUT2D eigenvalue weighted by Crippen LogP contribution is -2.46. The highest BCUT2D eigenvalue weighted by Gasteiger charge is 2.26. The first kappa shape index (κ1) is 27.1.